The topological polar surface area (TPSA) is 63.2 Å². The maximum Gasteiger partial charge on any atom is 0.233 e. The Morgan fingerprint density at radius 3 is 2.78 bits per heavy atom. The summed E-state index contributed by atoms with van der Waals surface area (Å²) < 4.78 is 4.99. The number of aromatic amines is 1. The molecule has 2 aromatic rings. The van der Waals surface area contributed by atoms with Crippen LogP contribution in [0.1, 0.15) is 12.5 Å². The second-order valence-electron chi connectivity index (χ2n) is 3.58. The normalized spacial score (nSPS) is 10.8. The molecule has 18 heavy (non-hydrogen) atoms. The first-order chi connectivity index (χ1) is 8.80. The zero-order chi connectivity index (χ0) is 13.0. The molecule has 0 aromatic carbocycles. The predicted octanol–water partition coefficient (Wildman–Crippen LogP) is 2.85. The molecule has 0 aliphatic heterocycles. The number of hydrogen-bond acceptors (Lipinski definition) is 4. The fourth-order valence-corrected chi connectivity index (χ4v) is 1.67. The van der Waals surface area contributed by atoms with Crippen LogP contribution in [0, 0.1) is 0 Å². The molecule has 1 N–H and O–H groups in total. The van der Waals surface area contributed by atoms with Gasteiger partial charge in [-0.3, -0.25) is 0 Å². The Balaban J connectivity index is 2.49. The number of rotatable bonds is 4. The molecule has 0 unspecified atom stereocenters. The largest absolute Gasteiger partial charge is 0.480 e. The van der Waals surface area contributed by atoms with Crippen LogP contribution in [0.3, 0.4) is 0 Å². The van der Waals surface area contributed by atoms with Gasteiger partial charge in [0.2, 0.25) is 5.88 Å². The average Bonchev–Trinajstić information content (AvgIpc) is 2.82. The lowest BCUT2D eigenvalue weighted by atomic mass is 10.1. The van der Waals surface area contributed by atoms with Crippen LogP contribution in [0.5, 0.6) is 5.88 Å². The van der Waals surface area contributed by atoms with Crippen LogP contribution in [0.2, 0.25) is 0 Å². The van der Waals surface area contributed by atoms with Gasteiger partial charge in [0.1, 0.15) is 5.82 Å². The number of aliphatic imine (C=N–C) groups is 1. The monoisotopic (exact) mass is 242 g/mol. The smallest absolute Gasteiger partial charge is 0.233 e. The van der Waals surface area contributed by atoms with Crippen LogP contribution in [-0.2, 0) is 0 Å². The van der Waals surface area contributed by atoms with Crippen molar-refractivity contribution in [2.45, 2.75) is 6.92 Å². The van der Waals surface area contributed by atoms with E-state index < -0.39 is 0 Å². The fraction of sp³-hybridized carbons (Fsp3) is 0.154. The van der Waals surface area contributed by atoms with Gasteiger partial charge in [-0.1, -0.05) is 12.2 Å². The first-order valence-electron chi connectivity index (χ1n) is 5.49. The number of allylic oxidation sites excluding steroid dienone is 1. The number of nitrogens with zero attached hydrogens (tertiary/aromatic N) is 3. The Kier molecular flexibility index (Phi) is 3.52. The lowest BCUT2D eigenvalue weighted by Gasteiger charge is -2.01. The summed E-state index contributed by atoms with van der Waals surface area (Å²) in [4.78, 5) is 7.00. The van der Waals surface area contributed by atoms with Crippen molar-refractivity contribution in [2.75, 3.05) is 7.11 Å². The molecule has 0 aliphatic carbocycles. The highest BCUT2D eigenvalue weighted by Crippen LogP contribution is 2.30. The van der Waals surface area contributed by atoms with Crippen LogP contribution < -0.4 is 4.74 Å². The van der Waals surface area contributed by atoms with E-state index in [4.69, 9.17) is 4.74 Å². The molecular weight excluding hydrogens is 228 g/mol. The molecule has 0 fully saturated rings. The molecule has 0 aliphatic rings. The Morgan fingerprint density at radius 2 is 2.22 bits per heavy atom. The molecule has 0 bridgehead atoms. The molecule has 0 amide bonds. The van der Waals surface area contributed by atoms with Crippen molar-refractivity contribution in [3.8, 4) is 17.1 Å². The van der Waals surface area contributed by atoms with Gasteiger partial charge in [-0.15, -0.1) is 10.2 Å². The Morgan fingerprint density at radius 1 is 1.39 bits per heavy atom. The highest BCUT2D eigenvalue weighted by atomic mass is 16.5. The van der Waals surface area contributed by atoms with Crippen molar-refractivity contribution in [3.63, 3.8) is 0 Å². The van der Waals surface area contributed by atoms with Gasteiger partial charge in [0.25, 0.3) is 0 Å². The van der Waals surface area contributed by atoms with Crippen LogP contribution in [-0.4, -0.2) is 29.0 Å². The van der Waals surface area contributed by atoms with E-state index in [2.05, 4.69) is 26.9 Å². The first kappa shape index (κ1) is 12.0. The molecule has 2 heterocycles. The zero-order valence-electron chi connectivity index (χ0n) is 10.3. The highest BCUT2D eigenvalue weighted by molar-refractivity contribution is 5.79. The van der Waals surface area contributed by atoms with Crippen LogP contribution in [0.4, 0.5) is 5.82 Å². The summed E-state index contributed by atoms with van der Waals surface area (Å²) in [6, 6.07) is 3.63. The summed E-state index contributed by atoms with van der Waals surface area (Å²) in [5.41, 5.74) is 2.65. The Labute approximate surface area is 105 Å². The van der Waals surface area contributed by atoms with Crippen molar-refractivity contribution in [1.29, 1.82) is 0 Å². The number of H-pyrrole nitrogens is 1. The SMILES string of the molecule is C=Nc1[nH]cc(-c2ccc(OC)nn2)c1/C=C\C. The third-order valence-electron chi connectivity index (χ3n) is 2.52. The summed E-state index contributed by atoms with van der Waals surface area (Å²) in [6.45, 7) is 5.48. The van der Waals surface area contributed by atoms with Gasteiger partial charge in [0, 0.05) is 23.4 Å². The van der Waals surface area contributed by atoms with Crippen LogP contribution >= 0.6 is 0 Å². The van der Waals surface area contributed by atoms with E-state index in [9.17, 15) is 0 Å². The van der Waals surface area contributed by atoms with Gasteiger partial charge in [0.15, 0.2) is 0 Å². The summed E-state index contributed by atoms with van der Waals surface area (Å²) in [5, 5.41) is 8.07. The molecular formula is C13H14N4O. The van der Waals surface area contributed by atoms with E-state index in [0.29, 0.717) is 5.88 Å². The molecule has 0 saturated heterocycles. The minimum Gasteiger partial charge on any atom is -0.480 e. The van der Waals surface area contributed by atoms with Crippen LogP contribution in [0.25, 0.3) is 17.3 Å². The zero-order valence-corrected chi connectivity index (χ0v) is 10.3. The van der Waals surface area contributed by atoms with E-state index in [1.54, 1.807) is 13.2 Å². The van der Waals surface area contributed by atoms with Crippen molar-refractivity contribution < 1.29 is 4.74 Å². The maximum atomic E-state index is 4.99. The number of hydrogen-bond donors (Lipinski definition) is 1. The molecule has 0 atom stereocenters. The maximum absolute atomic E-state index is 4.99. The van der Waals surface area contributed by atoms with Gasteiger partial charge < -0.3 is 9.72 Å². The molecule has 0 saturated carbocycles. The number of aromatic nitrogens is 3. The van der Waals surface area contributed by atoms with Crippen molar-refractivity contribution in [2.24, 2.45) is 4.99 Å². The number of nitrogens with one attached hydrogen (secondary N) is 1. The summed E-state index contributed by atoms with van der Waals surface area (Å²) >= 11 is 0. The summed E-state index contributed by atoms with van der Waals surface area (Å²) in [6.07, 6.45) is 5.75. The van der Waals surface area contributed by atoms with Gasteiger partial charge in [-0.25, -0.2) is 4.99 Å². The first-order valence-corrected chi connectivity index (χ1v) is 5.49. The number of ether oxygens (including phenoxy) is 1. The lowest BCUT2D eigenvalue weighted by molar-refractivity contribution is 0.392. The second kappa shape index (κ2) is 5.27. The second-order valence-corrected chi connectivity index (χ2v) is 3.58. The quantitative estimate of drug-likeness (QED) is 0.838. The summed E-state index contributed by atoms with van der Waals surface area (Å²) in [7, 11) is 1.56. The minimum absolute atomic E-state index is 0.490. The Hall–Kier alpha value is -2.43. The lowest BCUT2D eigenvalue weighted by Crippen LogP contribution is -1.92. The minimum atomic E-state index is 0.490. The molecule has 0 spiro atoms. The molecule has 0 radical (unpaired) electrons. The van der Waals surface area contributed by atoms with Gasteiger partial charge in [0.05, 0.1) is 12.8 Å². The van der Waals surface area contributed by atoms with E-state index in [0.717, 1.165) is 22.6 Å². The van der Waals surface area contributed by atoms with Gasteiger partial charge in [-0.2, -0.15) is 0 Å². The molecule has 92 valence electrons. The van der Waals surface area contributed by atoms with Crippen molar-refractivity contribution in [1.82, 2.24) is 15.2 Å². The predicted molar refractivity (Wildman–Crippen MR) is 72.3 cm³/mol. The summed E-state index contributed by atoms with van der Waals surface area (Å²) in [5.74, 6) is 1.21. The molecule has 2 aromatic heterocycles. The average molecular weight is 242 g/mol. The van der Waals surface area contributed by atoms with Gasteiger partial charge in [-0.05, 0) is 19.7 Å². The molecule has 5 heteroatoms. The molecule has 5 nitrogen and oxygen atoms in total. The number of methoxy groups -OCH3 is 1. The third-order valence-corrected chi connectivity index (χ3v) is 2.52. The van der Waals surface area contributed by atoms with E-state index in [1.165, 1.54) is 0 Å². The van der Waals surface area contributed by atoms with Crippen molar-refractivity contribution >= 4 is 18.6 Å². The molecule has 2 rings (SSSR count). The highest BCUT2D eigenvalue weighted by Gasteiger charge is 2.11. The van der Waals surface area contributed by atoms with Crippen molar-refractivity contribution in [3.05, 3.63) is 30.0 Å². The van der Waals surface area contributed by atoms with Crippen LogP contribution in [0.15, 0.2) is 29.4 Å². The third kappa shape index (κ3) is 2.15. The standard InChI is InChI=1S/C13H14N4O/c1-4-5-9-10(8-15-13(9)14-2)11-6-7-12(18-3)17-16-11/h4-8,15H,2H2,1,3H3/b5-4-. The van der Waals surface area contributed by atoms with E-state index in [-0.39, 0.29) is 0 Å². The fourth-order valence-electron chi connectivity index (χ4n) is 1.67. The van der Waals surface area contributed by atoms with E-state index in [1.807, 2.05) is 31.3 Å². The van der Waals surface area contributed by atoms with E-state index >= 15 is 0 Å². The van der Waals surface area contributed by atoms with Gasteiger partial charge >= 0.3 is 0 Å². The Bertz CT molecular complexity index is 569.